The van der Waals surface area contributed by atoms with Crippen LogP contribution in [0.2, 0.25) is 0 Å². The zero-order valence-electron chi connectivity index (χ0n) is 7.75. The zero-order valence-corrected chi connectivity index (χ0v) is 7.75. The molecule has 0 saturated heterocycles. The number of carboxylic acid groups (broad SMARTS) is 1. The second kappa shape index (κ2) is 4.09. The third-order valence-electron chi connectivity index (χ3n) is 1.92. The molecule has 1 atom stereocenters. The van der Waals surface area contributed by atoms with Crippen LogP contribution in [-0.2, 0) is 11.0 Å². The number of aliphatic carboxylic acids is 1. The first-order valence-corrected chi connectivity index (χ1v) is 4.08. The number of carbonyl (C=O) groups is 1. The molecule has 1 aromatic carbocycles. The molecule has 0 unspecified atom stereocenters. The first-order chi connectivity index (χ1) is 7.23. The Labute approximate surface area is 87.5 Å². The van der Waals surface area contributed by atoms with Crippen LogP contribution in [0.4, 0.5) is 17.6 Å². The molecule has 0 aliphatic heterocycles. The van der Waals surface area contributed by atoms with Gasteiger partial charge in [-0.15, -0.1) is 0 Å². The summed E-state index contributed by atoms with van der Waals surface area (Å²) >= 11 is 0. The van der Waals surface area contributed by atoms with Gasteiger partial charge < -0.3 is 10.8 Å². The van der Waals surface area contributed by atoms with Crippen LogP contribution < -0.4 is 5.73 Å². The smallest absolute Gasteiger partial charge is 0.419 e. The highest BCUT2D eigenvalue weighted by atomic mass is 19.4. The molecule has 88 valence electrons. The van der Waals surface area contributed by atoms with E-state index in [0.717, 1.165) is 6.07 Å². The third-order valence-corrected chi connectivity index (χ3v) is 1.92. The second-order valence-electron chi connectivity index (χ2n) is 3.05. The van der Waals surface area contributed by atoms with Crippen molar-refractivity contribution in [2.24, 2.45) is 5.73 Å². The minimum atomic E-state index is -4.81. The molecule has 0 heterocycles. The number of hydrogen-bond acceptors (Lipinski definition) is 2. The van der Waals surface area contributed by atoms with Gasteiger partial charge >= 0.3 is 12.1 Å². The number of nitrogens with two attached hydrogens (primary N) is 1. The number of carboxylic acids is 1. The Bertz CT molecular complexity index is 416. The molecule has 3 N–H and O–H groups in total. The van der Waals surface area contributed by atoms with Crippen molar-refractivity contribution >= 4 is 5.97 Å². The Morgan fingerprint density at radius 2 is 1.94 bits per heavy atom. The lowest BCUT2D eigenvalue weighted by Crippen LogP contribution is -2.21. The predicted molar refractivity (Wildman–Crippen MR) is 46.0 cm³/mol. The lowest BCUT2D eigenvalue weighted by atomic mass is 10.0. The fraction of sp³-hybridized carbons (Fsp3) is 0.222. The average Bonchev–Trinajstić information content (AvgIpc) is 2.14. The molecule has 0 saturated carbocycles. The lowest BCUT2D eigenvalue weighted by molar-refractivity contribution is -0.140. The fourth-order valence-corrected chi connectivity index (χ4v) is 1.10. The normalized spacial score (nSPS) is 13.6. The molecular weight excluding hydrogens is 230 g/mol. The summed E-state index contributed by atoms with van der Waals surface area (Å²) in [5.74, 6) is -2.99. The van der Waals surface area contributed by atoms with Crippen LogP contribution in [0.5, 0.6) is 0 Å². The van der Waals surface area contributed by atoms with Crippen LogP contribution in [0.3, 0.4) is 0 Å². The largest absolute Gasteiger partial charge is 0.480 e. The summed E-state index contributed by atoms with van der Waals surface area (Å²) in [7, 11) is 0. The summed E-state index contributed by atoms with van der Waals surface area (Å²) in [6.45, 7) is 0. The molecule has 0 amide bonds. The number of benzene rings is 1. The number of rotatable bonds is 2. The summed E-state index contributed by atoms with van der Waals surface area (Å²) < 4.78 is 49.5. The summed E-state index contributed by atoms with van der Waals surface area (Å²) in [4.78, 5) is 10.4. The van der Waals surface area contributed by atoms with Crippen molar-refractivity contribution in [2.75, 3.05) is 0 Å². The van der Waals surface area contributed by atoms with Gasteiger partial charge in [0.2, 0.25) is 0 Å². The van der Waals surface area contributed by atoms with Gasteiger partial charge in [-0.1, -0.05) is 6.07 Å². The Balaban J connectivity index is 3.14. The Morgan fingerprint density at radius 3 is 2.31 bits per heavy atom. The van der Waals surface area contributed by atoms with Gasteiger partial charge in [0.1, 0.15) is 11.9 Å². The van der Waals surface area contributed by atoms with Gasteiger partial charge in [0.05, 0.1) is 5.56 Å². The standard InChI is InChI=1S/C9H7F4NO2/c10-6-3-4(7(14)8(15)16)1-2-5(6)9(11,12)13/h1-3,7H,14H2,(H,15,16)/t7-/m0/s1. The van der Waals surface area contributed by atoms with Crippen LogP contribution in [-0.4, -0.2) is 11.1 Å². The van der Waals surface area contributed by atoms with Crippen molar-refractivity contribution < 1.29 is 27.5 Å². The van der Waals surface area contributed by atoms with Crippen molar-refractivity contribution in [1.82, 2.24) is 0 Å². The number of hydrogen-bond donors (Lipinski definition) is 2. The molecule has 0 aliphatic carbocycles. The highest BCUT2D eigenvalue weighted by Crippen LogP contribution is 2.32. The summed E-state index contributed by atoms with van der Waals surface area (Å²) in [6.07, 6.45) is -4.81. The van der Waals surface area contributed by atoms with Crippen LogP contribution in [0, 0.1) is 5.82 Å². The van der Waals surface area contributed by atoms with E-state index in [1.165, 1.54) is 0 Å². The van der Waals surface area contributed by atoms with Crippen molar-refractivity contribution in [3.63, 3.8) is 0 Å². The molecule has 1 rings (SSSR count). The van der Waals surface area contributed by atoms with Crippen molar-refractivity contribution in [3.05, 3.63) is 35.1 Å². The average molecular weight is 237 g/mol. The van der Waals surface area contributed by atoms with E-state index in [1.54, 1.807) is 0 Å². The fourth-order valence-electron chi connectivity index (χ4n) is 1.10. The quantitative estimate of drug-likeness (QED) is 0.772. The maximum Gasteiger partial charge on any atom is 0.419 e. The van der Waals surface area contributed by atoms with E-state index in [0.29, 0.717) is 12.1 Å². The van der Waals surface area contributed by atoms with E-state index in [2.05, 4.69) is 0 Å². The lowest BCUT2D eigenvalue weighted by Gasteiger charge is -2.11. The molecule has 3 nitrogen and oxygen atoms in total. The highest BCUT2D eigenvalue weighted by molar-refractivity contribution is 5.75. The monoisotopic (exact) mass is 237 g/mol. The van der Waals surface area contributed by atoms with Gasteiger partial charge in [0.15, 0.2) is 0 Å². The minimum Gasteiger partial charge on any atom is -0.480 e. The van der Waals surface area contributed by atoms with E-state index in [-0.39, 0.29) is 5.56 Å². The molecule has 16 heavy (non-hydrogen) atoms. The summed E-state index contributed by atoms with van der Waals surface area (Å²) in [5.41, 5.74) is 3.44. The predicted octanol–water partition coefficient (Wildman–Crippen LogP) is 1.93. The maximum absolute atomic E-state index is 13.0. The van der Waals surface area contributed by atoms with Gasteiger partial charge in [-0.3, -0.25) is 4.79 Å². The van der Waals surface area contributed by atoms with Crippen molar-refractivity contribution in [3.8, 4) is 0 Å². The zero-order chi connectivity index (χ0) is 12.5. The first kappa shape index (κ1) is 12.4. The van der Waals surface area contributed by atoms with E-state index >= 15 is 0 Å². The molecule has 7 heteroatoms. The Kier molecular flexibility index (Phi) is 3.18. The van der Waals surface area contributed by atoms with Crippen LogP contribution in [0.15, 0.2) is 18.2 Å². The second-order valence-corrected chi connectivity index (χ2v) is 3.05. The van der Waals surface area contributed by atoms with Gasteiger partial charge in [-0.05, 0) is 17.7 Å². The third kappa shape index (κ3) is 2.48. The molecule has 0 aliphatic rings. The molecule has 0 spiro atoms. The van der Waals surface area contributed by atoms with E-state index in [4.69, 9.17) is 10.8 Å². The van der Waals surface area contributed by atoms with Gasteiger partial charge in [-0.25, -0.2) is 4.39 Å². The SMILES string of the molecule is N[C@H](C(=O)O)c1ccc(C(F)(F)F)c(F)c1. The molecule has 0 aromatic heterocycles. The molecule has 0 bridgehead atoms. The van der Waals surface area contributed by atoms with Gasteiger partial charge in [0, 0.05) is 0 Å². The maximum atomic E-state index is 13.0. The van der Waals surface area contributed by atoms with Gasteiger partial charge in [-0.2, -0.15) is 13.2 Å². The molecular formula is C9H7F4NO2. The minimum absolute atomic E-state index is 0.224. The van der Waals surface area contributed by atoms with Crippen molar-refractivity contribution in [2.45, 2.75) is 12.2 Å². The van der Waals surface area contributed by atoms with Crippen LogP contribution in [0.1, 0.15) is 17.2 Å². The topological polar surface area (TPSA) is 63.3 Å². The van der Waals surface area contributed by atoms with E-state index < -0.39 is 29.6 Å². The first-order valence-electron chi connectivity index (χ1n) is 4.08. The van der Waals surface area contributed by atoms with Crippen LogP contribution in [0.25, 0.3) is 0 Å². The molecule has 0 radical (unpaired) electrons. The summed E-state index contributed by atoms with van der Waals surface area (Å²) in [6, 6.07) is 0.233. The molecule has 0 fully saturated rings. The number of alkyl halides is 3. The Morgan fingerprint density at radius 1 is 1.38 bits per heavy atom. The van der Waals surface area contributed by atoms with Gasteiger partial charge in [0.25, 0.3) is 0 Å². The summed E-state index contributed by atoms with van der Waals surface area (Å²) in [5, 5.41) is 8.49. The van der Waals surface area contributed by atoms with E-state index in [9.17, 15) is 22.4 Å². The van der Waals surface area contributed by atoms with Crippen molar-refractivity contribution in [1.29, 1.82) is 0 Å². The van der Waals surface area contributed by atoms with Crippen LogP contribution >= 0.6 is 0 Å². The molecule has 1 aromatic rings. The van der Waals surface area contributed by atoms with E-state index in [1.807, 2.05) is 0 Å². The highest BCUT2D eigenvalue weighted by Gasteiger charge is 2.34. The number of halogens is 4. The Hall–Kier alpha value is -1.63.